The number of aldehydes is 1. The summed E-state index contributed by atoms with van der Waals surface area (Å²) in [5, 5.41) is 0. The van der Waals surface area contributed by atoms with Crippen LogP contribution in [0.5, 0.6) is 5.75 Å². The van der Waals surface area contributed by atoms with Crippen LogP contribution in [0.4, 0.5) is 0 Å². The third-order valence-electron chi connectivity index (χ3n) is 2.86. The minimum atomic E-state index is -0.768. The number of allylic oxidation sites excluding steroid dienone is 1. The molecule has 6 heteroatoms. The average molecular weight is 293 g/mol. The Morgan fingerprint density at radius 3 is 2.71 bits per heavy atom. The van der Waals surface area contributed by atoms with Gasteiger partial charge in [0.05, 0.1) is 13.7 Å². The molecule has 0 atom stereocenters. The van der Waals surface area contributed by atoms with Crippen LogP contribution in [-0.4, -0.2) is 30.5 Å². The van der Waals surface area contributed by atoms with Crippen molar-refractivity contribution in [1.82, 2.24) is 4.57 Å². The normalized spacial score (nSPS) is 10.0. The number of rotatable bonds is 8. The summed E-state index contributed by atoms with van der Waals surface area (Å²) in [7, 11) is 1.19. The van der Waals surface area contributed by atoms with Gasteiger partial charge in [-0.15, -0.1) is 6.58 Å². The fraction of sp³-hybridized carbons (Fsp3) is 0.400. The molecule has 0 aromatic carbocycles. The molecule has 0 saturated heterocycles. The number of aromatic nitrogens is 1. The summed E-state index contributed by atoms with van der Waals surface area (Å²) < 4.78 is 11.4. The molecular formula is C15H19NO5. The van der Waals surface area contributed by atoms with E-state index in [1.54, 1.807) is 6.08 Å². The molecule has 0 saturated carbocycles. The van der Waals surface area contributed by atoms with Crippen molar-refractivity contribution in [3.05, 3.63) is 40.3 Å². The van der Waals surface area contributed by atoms with E-state index in [0.29, 0.717) is 12.9 Å². The van der Waals surface area contributed by atoms with Crippen LogP contribution in [0, 0.1) is 0 Å². The van der Waals surface area contributed by atoms with Crippen LogP contribution in [0.1, 0.15) is 40.6 Å². The Hall–Kier alpha value is -2.37. The molecule has 0 bridgehead atoms. The number of pyridine rings is 1. The number of carbonyl (C=O) groups excluding carboxylic acids is 2. The van der Waals surface area contributed by atoms with Gasteiger partial charge in [0.2, 0.25) is 5.43 Å². The SMILES string of the molecule is C=CCn1cc(C(=O)OC)c(=O)c(OCCCC)c1C=O. The Labute approximate surface area is 123 Å². The number of hydrogen-bond donors (Lipinski definition) is 0. The van der Waals surface area contributed by atoms with E-state index in [2.05, 4.69) is 11.3 Å². The fourth-order valence-electron chi connectivity index (χ4n) is 1.78. The van der Waals surface area contributed by atoms with E-state index in [0.717, 1.165) is 12.8 Å². The summed E-state index contributed by atoms with van der Waals surface area (Å²) in [4.78, 5) is 35.2. The molecule has 0 spiro atoms. The minimum Gasteiger partial charge on any atom is -0.487 e. The second-order valence-electron chi connectivity index (χ2n) is 4.34. The zero-order valence-electron chi connectivity index (χ0n) is 12.3. The summed E-state index contributed by atoms with van der Waals surface area (Å²) >= 11 is 0. The van der Waals surface area contributed by atoms with E-state index < -0.39 is 11.4 Å². The Morgan fingerprint density at radius 2 is 2.19 bits per heavy atom. The molecule has 0 N–H and O–H groups in total. The lowest BCUT2D eigenvalue weighted by Crippen LogP contribution is -2.24. The number of hydrogen-bond acceptors (Lipinski definition) is 5. The Balaban J connectivity index is 3.43. The number of esters is 1. The van der Waals surface area contributed by atoms with Gasteiger partial charge in [-0.2, -0.15) is 0 Å². The van der Waals surface area contributed by atoms with Crippen LogP contribution in [0.3, 0.4) is 0 Å². The molecule has 0 aliphatic heterocycles. The third-order valence-corrected chi connectivity index (χ3v) is 2.86. The van der Waals surface area contributed by atoms with E-state index >= 15 is 0 Å². The summed E-state index contributed by atoms with van der Waals surface area (Å²) in [5.41, 5.74) is -0.722. The van der Waals surface area contributed by atoms with Gasteiger partial charge in [0, 0.05) is 12.7 Å². The molecule has 1 aromatic heterocycles. The molecule has 6 nitrogen and oxygen atoms in total. The summed E-state index contributed by atoms with van der Waals surface area (Å²) in [5.74, 6) is -0.890. The van der Waals surface area contributed by atoms with E-state index in [4.69, 9.17) is 4.74 Å². The van der Waals surface area contributed by atoms with E-state index in [-0.39, 0.29) is 23.6 Å². The first-order valence-corrected chi connectivity index (χ1v) is 6.65. The number of unbranched alkanes of at least 4 members (excludes halogenated alkanes) is 1. The van der Waals surface area contributed by atoms with Crippen molar-refractivity contribution in [2.24, 2.45) is 0 Å². The van der Waals surface area contributed by atoms with Crippen molar-refractivity contribution in [3.63, 3.8) is 0 Å². The number of methoxy groups -OCH3 is 1. The lowest BCUT2D eigenvalue weighted by atomic mass is 10.2. The van der Waals surface area contributed by atoms with Crippen LogP contribution >= 0.6 is 0 Å². The summed E-state index contributed by atoms with van der Waals surface area (Å²) in [6.07, 6.45) is 4.99. The number of nitrogens with zero attached hydrogens (tertiary/aromatic N) is 1. The molecule has 0 radical (unpaired) electrons. The predicted octanol–water partition coefficient (Wildman–Crippen LogP) is 1.81. The summed E-state index contributed by atoms with van der Waals surface area (Å²) in [6, 6.07) is 0. The average Bonchev–Trinajstić information content (AvgIpc) is 2.49. The van der Waals surface area contributed by atoms with Gasteiger partial charge in [-0.25, -0.2) is 4.79 Å². The van der Waals surface area contributed by atoms with E-state index in [9.17, 15) is 14.4 Å². The number of carbonyl (C=O) groups is 2. The molecule has 21 heavy (non-hydrogen) atoms. The summed E-state index contributed by atoms with van der Waals surface area (Å²) in [6.45, 7) is 6.12. The molecule has 1 aromatic rings. The van der Waals surface area contributed by atoms with Crippen molar-refractivity contribution >= 4 is 12.3 Å². The van der Waals surface area contributed by atoms with Crippen LogP contribution in [0.25, 0.3) is 0 Å². The Morgan fingerprint density at radius 1 is 1.48 bits per heavy atom. The maximum atomic E-state index is 12.3. The van der Waals surface area contributed by atoms with Gasteiger partial charge in [0.15, 0.2) is 12.0 Å². The van der Waals surface area contributed by atoms with Crippen molar-refractivity contribution < 1.29 is 19.1 Å². The van der Waals surface area contributed by atoms with Gasteiger partial charge in [0.1, 0.15) is 11.3 Å². The largest absolute Gasteiger partial charge is 0.487 e. The van der Waals surface area contributed by atoms with Gasteiger partial charge in [-0.3, -0.25) is 9.59 Å². The smallest absolute Gasteiger partial charge is 0.343 e. The van der Waals surface area contributed by atoms with Crippen LogP contribution in [0.15, 0.2) is 23.6 Å². The quantitative estimate of drug-likeness (QED) is 0.316. The van der Waals surface area contributed by atoms with Crippen LogP contribution < -0.4 is 10.2 Å². The second kappa shape index (κ2) is 8.04. The molecule has 1 rings (SSSR count). The van der Waals surface area contributed by atoms with Gasteiger partial charge in [-0.05, 0) is 6.42 Å². The van der Waals surface area contributed by atoms with E-state index in [1.807, 2.05) is 6.92 Å². The zero-order chi connectivity index (χ0) is 15.8. The zero-order valence-corrected chi connectivity index (χ0v) is 12.3. The molecular weight excluding hydrogens is 274 g/mol. The first kappa shape index (κ1) is 16.7. The highest BCUT2D eigenvalue weighted by Crippen LogP contribution is 2.15. The Kier molecular flexibility index (Phi) is 6.39. The highest BCUT2D eigenvalue weighted by molar-refractivity contribution is 5.90. The van der Waals surface area contributed by atoms with Gasteiger partial charge in [0.25, 0.3) is 0 Å². The molecule has 1 heterocycles. The van der Waals surface area contributed by atoms with Crippen LogP contribution in [-0.2, 0) is 11.3 Å². The van der Waals surface area contributed by atoms with Crippen LogP contribution in [0.2, 0.25) is 0 Å². The lowest BCUT2D eigenvalue weighted by Gasteiger charge is -2.14. The fourth-order valence-corrected chi connectivity index (χ4v) is 1.78. The van der Waals surface area contributed by atoms with Gasteiger partial charge in [-0.1, -0.05) is 19.4 Å². The highest BCUT2D eigenvalue weighted by Gasteiger charge is 2.21. The van der Waals surface area contributed by atoms with Crippen molar-refractivity contribution in [3.8, 4) is 5.75 Å². The maximum absolute atomic E-state index is 12.3. The maximum Gasteiger partial charge on any atom is 0.343 e. The molecule has 0 fully saturated rings. The van der Waals surface area contributed by atoms with Crippen molar-refractivity contribution in [1.29, 1.82) is 0 Å². The third kappa shape index (κ3) is 3.81. The standard InChI is InChI=1S/C15H19NO5/c1-4-6-8-21-14-12(10-17)16(7-5-2)9-11(13(14)18)15(19)20-3/h5,9-10H,2,4,6-8H2,1,3H3. The van der Waals surface area contributed by atoms with Gasteiger partial charge >= 0.3 is 5.97 Å². The van der Waals surface area contributed by atoms with Gasteiger partial charge < -0.3 is 14.0 Å². The monoisotopic (exact) mass is 293 g/mol. The second-order valence-corrected chi connectivity index (χ2v) is 4.34. The topological polar surface area (TPSA) is 74.6 Å². The highest BCUT2D eigenvalue weighted by atomic mass is 16.5. The van der Waals surface area contributed by atoms with Crippen molar-refractivity contribution in [2.75, 3.05) is 13.7 Å². The molecule has 0 aliphatic carbocycles. The molecule has 0 aliphatic rings. The molecule has 0 amide bonds. The first-order chi connectivity index (χ1) is 10.1. The molecule has 114 valence electrons. The predicted molar refractivity (Wildman–Crippen MR) is 78.0 cm³/mol. The van der Waals surface area contributed by atoms with Crippen molar-refractivity contribution in [2.45, 2.75) is 26.3 Å². The number of ether oxygens (including phenoxy) is 2. The first-order valence-electron chi connectivity index (χ1n) is 6.65. The Bertz CT molecular complexity index is 588. The molecule has 0 unspecified atom stereocenters. The van der Waals surface area contributed by atoms with E-state index in [1.165, 1.54) is 17.9 Å². The minimum absolute atomic E-state index is 0.0867. The lowest BCUT2D eigenvalue weighted by molar-refractivity contribution is 0.0597.